The lowest BCUT2D eigenvalue weighted by Crippen LogP contribution is -2.19. The summed E-state index contributed by atoms with van der Waals surface area (Å²) in [6.07, 6.45) is 0. The van der Waals surface area contributed by atoms with Crippen LogP contribution in [0.3, 0.4) is 0 Å². The zero-order chi connectivity index (χ0) is 46.8. The molecule has 238 valence electrons. The molecule has 0 amide bonds. The van der Waals surface area contributed by atoms with E-state index in [0.29, 0.717) is 16.8 Å². The highest BCUT2D eigenvalue weighted by Crippen LogP contribution is 2.44. The molecule has 9 aromatic rings. The standard InChI is InChI=1S/C45H32N4O/c1-48-40-26-25-33(27-41(40)49(2)45(48)50)43-36-19-11-9-17-34(36)42(35-18-10-12-20-37(35)43)31-23-21-30(22-24-31)39-28-38(29-13-5-3-6-14-29)46-44(47-39)32-15-7-4-8-16-32/h3-28H,1-2H3/i9D,10D,11D,12D,17D,18D,19D,20D,21D,22D,23D,24D,25D,26D,27D. The molecule has 7 aromatic carbocycles. The van der Waals surface area contributed by atoms with Crippen LogP contribution in [0.1, 0.15) is 20.6 Å². The lowest BCUT2D eigenvalue weighted by Gasteiger charge is -2.18. The van der Waals surface area contributed by atoms with E-state index in [9.17, 15) is 18.5 Å². The van der Waals surface area contributed by atoms with Crippen LogP contribution in [0, 0.1) is 0 Å². The van der Waals surface area contributed by atoms with Crippen molar-refractivity contribution in [3.05, 3.63) is 168 Å². The highest BCUT2D eigenvalue weighted by Gasteiger charge is 2.18. The van der Waals surface area contributed by atoms with Gasteiger partial charge in [-0.15, -0.1) is 0 Å². The highest BCUT2D eigenvalue weighted by atomic mass is 16.1. The number of imidazole rings is 1. The molecule has 0 N–H and O–H groups in total. The van der Waals surface area contributed by atoms with Crippen LogP contribution in [0.25, 0.3) is 88.7 Å². The second-order valence-electron chi connectivity index (χ2n) is 11.5. The maximum atomic E-state index is 13.2. The number of rotatable bonds is 5. The van der Waals surface area contributed by atoms with E-state index in [1.165, 1.54) is 20.2 Å². The third kappa shape index (κ3) is 4.82. The summed E-state index contributed by atoms with van der Waals surface area (Å²) >= 11 is 0. The van der Waals surface area contributed by atoms with Gasteiger partial charge in [0.25, 0.3) is 0 Å². The Hall–Kier alpha value is -6.59. The van der Waals surface area contributed by atoms with Gasteiger partial charge in [-0.3, -0.25) is 9.13 Å². The molecular weight excluding hydrogens is 613 g/mol. The number of nitrogens with zero attached hydrogens (tertiary/aromatic N) is 4. The van der Waals surface area contributed by atoms with Crippen molar-refractivity contribution in [3.8, 4) is 56.2 Å². The van der Waals surface area contributed by atoms with Gasteiger partial charge < -0.3 is 0 Å². The summed E-state index contributed by atoms with van der Waals surface area (Å²) < 4.78 is 141. The van der Waals surface area contributed by atoms with Gasteiger partial charge in [-0.05, 0) is 61.9 Å². The monoisotopic (exact) mass is 659 g/mol. The average molecular weight is 660 g/mol. The molecule has 0 aliphatic rings. The first-order chi connectivity index (χ1) is 30.8. The van der Waals surface area contributed by atoms with Crippen molar-refractivity contribution in [2.75, 3.05) is 0 Å². The van der Waals surface area contributed by atoms with Crippen molar-refractivity contribution in [2.45, 2.75) is 0 Å². The predicted molar refractivity (Wildman–Crippen MR) is 206 cm³/mol. The molecule has 5 heteroatoms. The molecule has 0 aliphatic carbocycles. The van der Waals surface area contributed by atoms with Gasteiger partial charge in [0.05, 0.1) is 43.0 Å². The number of aryl methyl sites for hydroxylation is 2. The normalized spacial score (nSPS) is 15.7. The molecule has 2 heterocycles. The van der Waals surface area contributed by atoms with Crippen LogP contribution in [0.5, 0.6) is 0 Å². The Kier molecular flexibility index (Phi) is 4.19. The van der Waals surface area contributed by atoms with Crippen LogP contribution in [-0.2, 0) is 14.1 Å². The van der Waals surface area contributed by atoms with Crippen LogP contribution in [-0.4, -0.2) is 19.1 Å². The number of fused-ring (bicyclic) bond motifs is 3. The average Bonchev–Trinajstić information content (AvgIpc) is 3.54. The van der Waals surface area contributed by atoms with Crippen molar-refractivity contribution in [1.29, 1.82) is 0 Å². The maximum Gasteiger partial charge on any atom is 0.328 e. The van der Waals surface area contributed by atoms with E-state index in [4.69, 9.17) is 16.8 Å². The fourth-order valence-corrected chi connectivity index (χ4v) is 6.16. The van der Waals surface area contributed by atoms with Crippen LogP contribution >= 0.6 is 0 Å². The van der Waals surface area contributed by atoms with E-state index >= 15 is 0 Å². The van der Waals surface area contributed by atoms with Crippen molar-refractivity contribution >= 4 is 32.6 Å². The maximum absolute atomic E-state index is 13.2. The van der Waals surface area contributed by atoms with Crippen LogP contribution in [0.4, 0.5) is 0 Å². The predicted octanol–water partition coefficient (Wildman–Crippen LogP) is 10.3. The van der Waals surface area contributed by atoms with Gasteiger partial charge in [0, 0.05) is 30.8 Å². The van der Waals surface area contributed by atoms with Crippen LogP contribution in [0.2, 0.25) is 0 Å². The molecule has 9 rings (SSSR count). The first kappa shape index (κ1) is 17.7. The molecule has 2 aromatic heterocycles. The molecule has 0 aliphatic heterocycles. The van der Waals surface area contributed by atoms with Gasteiger partial charge >= 0.3 is 5.69 Å². The van der Waals surface area contributed by atoms with Gasteiger partial charge in [-0.1, -0.05) is 139 Å². The molecule has 0 spiro atoms. The minimum absolute atomic E-state index is 0.0120. The molecule has 0 saturated carbocycles. The quantitative estimate of drug-likeness (QED) is 0.173. The summed E-state index contributed by atoms with van der Waals surface area (Å²) in [5, 5.41) is -1.96. The second kappa shape index (κ2) is 11.8. The van der Waals surface area contributed by atoms with Crippen molar-refractivity contribution in [2.24, 2.45) is 14.1 Å². The van der Waals surface area contributed by atoms with E-state index in [1.54, 1.807) is 48.5 Å². The zero-order valence-electron chi connectivity index (χ0n) is 41.5. The Morgan fingerprint density at radius 1 is 0.500 bits per heavy atom. The second-order valence-corrected chi connectivity index (χ2v) is 11.5. The molecule has 0 bridgehead atoms. The number of hydrogen-bond donors (Lipinski definition) is 0. The highest BCUT2D eigenvalue weighted by molar-refractivity contribution is 6.21. The largest absolute Gasteiger partial charge is 0.328 e. The van der Waals surface area contributed by atoms with Gasteiger partial charge in [0.15, 0.2) is 5.82 Å². The molecule has 5 nitrogen and oxygen atoms in total. The number of hydrogen-bond acceptors (Lipinski definition) is 3. The van der Waals surface area contributed by atoms with E-state index in [2.05, 4.69) is 0 Å². The minimum atomic E-state index is -0.816. The number of benzene rings is 7. The van der Waals surface area contributed by atoms with E-state index < -0.39 is 140 Å². The van der Waals surface area contributed by atoms with E-state index in [0.717, 1.165) is 9.13 Å². The molecular formula is C45H32N4O. The van der Waals surface area contributed by atoms with Crippen molar-refractivity contribution in [1.82, 2.24) is 19.1 Å². The van der Waals surface area contributed by atoms with Crippen LogP contribution < -0.4 is 5.69 Å². The first-order valence-electron chi connectivity index (χ1n) is 23.0. The molecule has 0 fully saturated rings. The van der Waals surface area contributed by atoms with E-state index in [-0.39, 0.29) is 28.1 Å². The Morgan fingerprint density at radius 3 is 1.54 bits per heavy atom. The molecule has 0 saturated heterocycles. The van der Waals surface area contributed by atoms with E-state index in [1.807, 2.05) is 12.1 Å². The first-order valence-corrected chi connectivity index (χ1v) is 15.5. The SMILES string of the molecule is [2H]c1c([2H])c(-c2c3c([2H])c([2H])c([2H])c([2H])c3c(-c3c([2H])c([2H])c4c(c3[2H])n(C)c(=O)n4C)c3c([2H])c([2H])c([2H])c([2H])c23)c([2H])c([2H])c1-c1cc(-c2ccccc2)nc(-c2ccccc2)n1. The Bertz CT molecular complexity index is 3480. The summed E-state index contributed by atoms with van der Waals surface area (Å²) in [5.41, 5.74) is -1.44. The molecule has 0 radical (unpaired) electrons. The third-order valence-corrected chi connectivity index (χ3v) is 8.60. The third-order valence-electron chi connectivity index (χ3n) is 8.60. The number of aromatic nitrogens is 4. The summed E-state index contributed by atoms with van der Waals surface area (Å²) in [7, 11) is 2.69. The molecule has 0 unspecified atom stereocenters. The molecule has 0 atom stereocenters. The van der Waals surface area contributed by atoms with Crippen LogP contribution in [0.15, 0.2) is 162 Å². The topological polar surface area (TPSA) is 52.7 Å². The summed E-state index contributed by atoms with van der Waals surface area (Å²) in [6, 6.07) is 8.51. The minimum Gasteiger partial charge on any atom is -0.295 e. The summed E-state index contributed by atoms with van der Waals surface area (Å²) in [5.74, 6) is 0.217. The van der Waals surface area contributed by atoms with Gasteiger partial charge in [-0.2, -0.15) is 0 Å². The van der Waals surface area contributed by atoms with Crippen molar-refractivity contribution < 1.29 is 20.6 Å². The lowest BCUT2D eigenvalue weighted by atomic mass is 9.85. The summed E-state index contributed by atoms with van der Waals surface area (Å²) in [6.45, 7) is 0. The zero-order valence-corrected chi connectivity index (χ0v) is 26.5. The van der Waals surface area contributed by atoms with Gasteiger partial charge in [0.2, 0.25) is 0 Å². The fourth-order valence-electron chi connectivity index (χ4n) is 6.16. The van der Waals surface area contributed by atoms with Crippen molar-refractivity contribution in [3.63, 3.8) is 0 Å². The van der Waals surface area contributed by atoms with Gasteiger partial charge in [0.1, 0.15) is 0 Å². The Morgan fingerprint density at radius 2 is 0.960 bits per heavy atom. The van der Waals surface area contributed by atoms with Gasteiger partial charge in [-0.25, -0.2) is 14.8 Å². The fraction of sp³-hybridized carbons (Fsp3) is 0.0444. The summed E-state index contributed by atoms with van der Waals surface area (Å²) in [4.78, 5) is 22.6. The molecule has 50 heavy (non-hydrogen) atoms. The lowest BCUT2D eigenvalue weighted by molar-refractivity contribution is 0.795. The smallest absolute Gasteiger partial charge is 0.295 e. The Labute approximate surface area is 310 Å². The Balaban J connectivity index is 1.49.